The van der Waals surface area contributed by atoms with Crippen molar-refractivity contribution < 1.29 is 14.3 Å². The molecule has 0 N–H and O–H groups in total. The normalized spacial score (nSPS) is 33.4. The van der Waals surface area contributed by atoms with Crippen LogP contribution in [0, 0.1) is 5.92 Å². The number of carbonyl (C=O) groups is 1. The average molecular weight is 241 g/mol. The molecule has 4 heteroatoms. The van der Waals surface area contributed by atoms with E-state index in [-0.39, 0.29) is 11.7 Å². The van der Waals surface area contributed by atoms with Gasteiger partial charge in [-0.05, 0) is 39.5 Å². The number of hydrogen-bond donors (Lipinski definition) is 0. The first-order valence-electron chi connectivity index (χ1n) is 6.42. The molecular formula is C13H23NO3. The molecule has 0 aromatic heterocycles. The van der Waals surface area contributed by atoms with E-state index < -0.39 is 5.60 Å². The molecule has 0 aliphatic carbocycles. The molecule has 2 unspecified atom stereocenters. The Labute approximate surface area is 103 Å². The number of likely N-dealkylation sites (tertiary alicyclic amines) is 1. The highest BCUT2D eigenvalue weighted by atomic mass is 16.6. The quantitative estimate of drug-likeness (QED) is 0.654. The van der Waals surface area contributed by atoms with Gasteiger partial charge in [-0.1, -0.05) is 6.92 Å². The van der Waals surface area contributed by atoms with Crippen molar-refractivity contribution in [1.82, 2.24) is 4.90 Å². The molecule has 1 amide bonds. The number of ether oxygens (including phenoxy) is 2. The summed E-state index contributed by atoms with van der Waals surface area (Å²) in [6.07, 6.45) is 1.79. The van der Waals surface area contributed by atoms with Gasteiger partial charge in [0.1, 0.15) is 5.60 Å². The van der Waals surface area contributed by atoms with Crippen LogP contribution in [0.5, 0.6) is 0 Å². The van der Waals surface area contributed by atoms with Crippen molar-refractivity contribution >= 4 is 6.09 Å². The van der Waals surface area contributed by atoms with E-state index in [2.05, 4.69) is 6.92 Å². The summed E-state index contributed by atoms with van der Waals surface area (Å²) < 4.78 is 11.3. The van der Waals surface area contributed by atoms with E-state index in [1.807, 2.05) is 20.8 Å². The summed E-state index contributed by atoms with van der Waals surface area (Å²) in [5.74, 6) is 0.605. The van der Waals surface area contributed by atoms with Crippen LogP contribution in [0.1, 0.15) is 40.5 Å². The van der Waals surface area contributed by atoms with Gasteiger partial charge in [-0.15, -0.1) is 0 Å². The molecule has 0 aromatic carbocycles. The third-order valence-electron chi connectivity index (χ3n) is 3.36. The second kappa shape index (κ2) is 4.16. The highest BCUT2D eigenvalue weighted by Gasteiger charge is 2.46. The van der Waals surface area contributed by atoms with Crippen LogP contribution in [-0.4, -0.2) is 41.9 Å². The topological polar surface area (TPSA) is 38.8 Å². The summed E-state index contributed by atoms with van der Waals surface area (Å²) in [5.41, 5.74) is -0.507. The standard InChI is InChI=1S/C13H23NO3/c1-10-7-13(16-8-10)5-6-14(9-13)11(15)17-12(2,3)4/h10H,5-9H2,1-4H3. The van der Waals surface area contributed by atoms with Crippen LogP contribution in [0.3, 0.4) is 0 Å². The number of rotatable bonds is 0. The van der Waals surface area contributed by atoms with Crippen molar-refractivity contribution in [3.8, 4) is 0 Å². The van der Waals surface area contributed by atoms with Gasteiger partial charge >= 0.3 is 6.09 Å². The van der Waals surface area contributed by atoms with E-state index in [9.17, 15) is 4.79 Å². The summed E-state index contributed by atoms with van der Waals surface area (Å²) in [5, 5.41) is 0. The van der Waals surface area contributed by atoms with Crippen molar-refractivity contribution in [1.29, 1.82) is 0 Å². The van der Waals surface area contributed by atoms with E-state index >= 15 is 0 Å². The zero-order valence-corrected chi connectivity index (χ0v) is 11.3. The smallest absolute Gasteiger partial charge is 0.410 e. The molecule has 2 aliphatic heterocycles. The lowest BCUT2D eigenvalue weighted by Gasteiger charge is -2.26. The van der Waals surface area contributed by atoms with Crippen LogP contribution in [0.2, 0.25) is 0 Å². The molecule has 4 nitrogen and oxygen atoms in total. The van der Waals surface area contributed by atoms with Gasteiger partial charge in [0.15, 0.2) is 0 Å². The van der Waals surface area contributed by atoms with Gasteiger partial charge in [-0.2, -0.15) is 0 Å². The summed E-state index contributed by atoms with van der Waals surface area (Å²) in [6, 6.07) is 0. The second-order valence-corrected chi connectivity index (χ2v) is 6.46. The average Bonchev–Trinajstić information content (AvgIpc) is 2.72. The fraction of sp³-hybridized carbons (Fsp3) is 0.923. The van der Waals surface area contributed by atoms with Gasteiger partial charge in [-0.25, -0.2) is 4.79 Å². The minimum Gasteiger partial charge on any atom is -0.444 e. The predicted octanol–water partition coefficient (Wildman–Crippen LogP) is 2.42. The Morgan fingerprint density at radius 1 is 1.47 bits per heavy atom. The molecule has 2 heterocycles. The highest BCUT2D eigenvalue weighted by Crippen LogP contribution is 2.37. The molecule has 0 bridgehead atoms. The van der Waals surface area contributed by atoms with Crippen molar-refractivity contribution in [3.63, 3.8) is 0 Å². The number of carbonyl (C=O) groups excluding carboxylic acids is 1. The Bertz CT molecular complexity index is 310. The third-order valence-corrected chi connectivity index (χ3v) is 3.36. The maximum Gasteiger partial charge on any atom is 0.410 e. The highest BCUT2D eigenvalue weighted by molar-refractivity contribution is 5.68. The maximum absolute atomic E-state index is 11.9. The van der Waals surface area contributed by atoms with Gasteiger partial charge in [0, 0.05) is 6.54 Å². The number of amides is 1. The molecule has 0 radical (unpaired) electrons. The van der Waals surface area contributed by atoms with E-state index in [4.69, 9.17) is 9.47 Å². The third kappa shape index (κ3) is 2.92. The fourth-order valence-electron chi connectivity index (χ4n) is 2.68. The molecule has 17 heavy (non-hydrogen) atoms. The van der Waals surface area contributed by atoms with Crippen LogP contribution in [0.4, 0.5) is 4.79 Å². The summed E-state index contributed by atoms with van der Waals surface area (Å²) in [7, 11) is 0. The largest absolute Gasteiger partial charge is 0.444 e. The van der Waals surface area contributed by atoms with Crippen LogP contribution in [0.15, 0.2) is 0 Å². The van der Waals surface area contributed by atoms with Crippen LogP contribution >= 0.6 is 0 Å². The molecule has 2 aliphatic rings. The molecule has 98 valence electrons. The van der Waals surface area contributed by atoms with Crippen molar-refractivity contribution in [3.05, 3.63) is 0 Å². The van der Waals surface area contributed by atoms with Crippen molar-refractivity contribution in [2.75, 3.05) is 19.7 Å². The molecule has 2 atom stereocenters. The Morgan fingerprint density at radius 2 is 2.18 bits per heavy atom. The fourth-order valence-corrected chi connectivity index (χ4v) is 2.68. The van der Waals surface area contributed by atoms with Crippen LogP contribution in [0.25, 0.3) is 0 Å². The van der Waals surface area contributed by atoms with Gasteiger partial charge in [0.05, 0.1) is 18.8 Å². The van der Waals surface area contributed by atoms with Gasteiger partial charge in [0.2, 0.25) is 0 Å². The maximum atomic E-state index is 11.9. The Hall–Kier alpha value is -0.770. The summed E-state index contributed by atoms with van der Waals surface area (Å²) in [6.45, 7) is 10.1. The molecule has 1 spiro atoms. The second-order valence-electron chi connectivity index (χ2n) is 6.46. The first-order valence-corrected chi connectivity index (χ1v) is 6.42. The Balaban J connectivity index is 1.92. The van der Waals surface area contributed by atoms with Gasteiger partial charge in [0.25, 0.3) is 0 Å². The van der Waals surface area contributed by atoms with E-state index in [0.29, 0.717) is 12.5 Å². The predicted molar refractivity (Wildman–Crippen MR) is 64.9 cm³/mol. The lowest BCUT2D eigenvalue weighted by molar-refractivity contribution is 0.000206. The first-order chi connectivity index (χ1) is 7.80. The monoisotopic (exact) mass is 241 g/mol. The molecule has 2 saturated heterocycles. The van der Waals surface area contributed by atoms with Gasteiger partial charge in [-0.3, -0.25) is 0 Å². The molecule has 2 fully saturated rings. The Kier molecular flexibility index (Phi) is 3.10. The zero-order chi connectivity index (χ0) is 12.7. The minimum absolute atomic E-state index is 0.0870. The lowest BCUT2D eigenvalue weighted by Crippen LogP contribution is -2.38. The first kappa shape index (κ1) is 12.7. The van der Waals surface area contributed by atoms with E-state index in [1.54, 1.807) is 4.90 Å². The number of nitrogens with zero attached hydrogens (tertiary/aromatic N) is 1. The molecule has 0 saturated carbocycles. The zero-order valence-electron chi connectivity index (χ0n) is 11.3. The number of hydrogen-bond acceptors (Lipinski definition) is 3. The van der Waals surface area contributed by atoms with Crippen molar-refractivity contribution in [2.45, 2.75) is 51.7 Å². The summed E-state index contributed by atoms with van der Waals surface area (Å²) in [4.78, 5) is 13.7. The molecule has 0 aromatic rings. The molecular weight excluding hydrogens is 218 g/mol. The van der Waals surface area contributed by atoms with Crippen LogP contribution < -0.4 is 0 Å². The Morgan fingerprint density at radius 3 is 2.71 bits per heavy atom. The lowest BCUT2D eigenvalue weighted by atomic mass is 9.95. The van der Waals surface area contributed by atoms with E-state index in [1.165, 1.54) is 0 Å². The minimum atomic E-state index is -0.420. The summed E-state index contributed by atoms with van der Waals surface area (Å²) >= 11 is 0. The van der Waals surface area contributed by atoms with Crippen molar-refractivity contribution in [2.24, 2.45) is 5.92 Å². The SMILES string of the molecule is CC1COC2(CCN(C(=O)OC(C)(C)C)C2)C1. The van der Waals surface area contributed by atoms with E-state index in [0.717, 1.165) is 26.0 Å². The van der Waals surface area contributed by atoms with Gasteiger partial charge < -0.3 is 14.4 Å². The molecule has 2 rings (SSSR count). The van der Waals surface area contributed by atoms with Crippen LogP contribution in [-0.2, 0) is 9.47 Å².